The summed E-state index contributed by atoms with van der Waals surface area (Å²) in [6.07, 6.45) is -1.15. The van der Waals surface area contributed by atoms with E-state index < -0.39 is 17.7 Å². The van der Waals surface area contributed by atoms with Gasteiger partial charge in [-0.2, -0.15) is 13.2 Å². The molecule has 0 unspecified atom stereocenters. The number of hydrogen-bond acceptors (Lipinski definition) is 5. The molecule has 2 aromatic rings. The van der Waals surface area contributed by atoms with Crippen molar-refractivity contribution in [2.45, 2.75) is 32.5 Å². The molecule has 35 heavy (non-hydrogen) atoms. The Hall–Kier alpha value is -3.20. The fraction of sp³-hybridized carbons (Fsp3) is 0.423. The van der Waals surface area contributed by atoms with Gasteiger partial charge >= 0.3 is 12.1 Å². The number of nitrogens with zero attached hydrogens (tertiary/aromatic N) is 1. The Balaban J connectivity index is 1.37. The van der Waals surface area contributed by atoms with E-state index in [9.17, 15) is 18.0 Å². The lowest BCUT2D eigenvalue weighted by Crippen LogP contribution is -2.38. The van der Waals surface area contributed by atoms with E-state index in [0.717, 1.165) is 36.8 Å². The maximum atomic E-state index is 13.4. The van der Waals surface area contributed by atoms with Crippen LogP contribution < -0.4 is 14.2 Å². The molecule has 9 heteroatoms. The molecule has 1 fully saturated rings. The van der Waals surface area contributed by atoms with Crippen LogP contribution in [0.4, 0.5) is 13.2 Å². The normalized spacial score (nSPS) is 16.7. The van der Waals surface area contributed by atoms with Crippen molar-refractivity contribution in [3.63, 3.8) is 0 Å². The molecule has 0 spiro atoms. The van der Waals surface area contributed by atoms with Crippen molar-refractivity contribution in [2.75, 3.05) is 32.8 Å². The summed E-state index contributed by atoms with van der Waals surface area (Å²) in [4.78, 5) is 13.4. The van der Waals surface area contributed by atoms with Crippen LogP contribution in [0.1, 0.15) is 36.5 Å². The molecular weight excluding hydrogens is 463 g/mol. The van der Waals surface area contributed by atoms with E-state index in [1.807, 2.05) is 6.07 Å². The summed E-state index contributed by atoms with van der Waals surface area (Å²) < 4.78 is 56.8. The van der Waals surface area contributed by atoms with Gasteiger partial charge in [-0.15, -0.1) is 0 Å². The molecule has 2 aliphatic heterocycles. The molecule has 0 radical (unpaired) electrons. The van der Waals surface area contributed by atoms with Crippen LogP contribution in [0.3, 0.4) is 0 Å². The third-order valence-electron chi connectivity index (χ3n) is 6.18. The zero-order chi connectivity index (χ0) is 25.0. The van der Waals surface area contributed by atoms with Crippen molar-refractivity contribution in [2.24, 2.45) is 5.92 Å². The topological polar surface area (TPSA) is 68.2 Å². The van der Waals surface area contributed by atoms with Gasteiger partial charge in [0.2, 0.25) is 0 Å². The quantitative estimate of drug-likeness (QED) is 0.544. The highest BCUT2D eigenvalue weighted by atomic mass is 19.4. The first-order chi connectivity index (χ1) is 16.7. The van der Waals surface area contributed by atoms with Gasteiger partial charge in [-0.25, -0.2) is 0 Å². The molecule has 188 valence electrons. The number of piperidine rings is 1. The number of rotatable bonds is 8. The molecule has 0 bridgehead atoms. The molecule has 2 aromatic carbocycles. The lowest BCUT2D eigenvalue weighted by molar-refractivity contribution is -0.143. The van der Waals surface area contributed by atoms with Crippen molar-refractivity contribution in [1.29, 1.82) is 0 Å². The van der Waals surface area contributed by atoms with Crippen molar-refractivity contribution in [3.05, 3.63) is 58.7 Å². The number of likely N-dealkylation sites (tertiary alicyclic amines) is 1. The third-order valence-corrected chi connectivity index (χ3v) is 6.18. The van der Waals surface area contributed by atoms with Crippen molar-refractivity contribution in [3.8, 4) is 17.2 Å². The van der Waals surface area contributed by atoms with Gasteiger partial charge in [0, 0.05) is 18.2 Å². The number of alkyl halides is 3. The largest absolute Gasteiger partial charge is 0.493 e. The summed E-state index contributed by atoms with van der Waals surface area (Å²) in [5.74, 6) is -0.0261. The van der Waals surface area contributed by atoms with Crippen molar-refractivity contribution in [1.82, 2.24) is 4.90 Å². The second-order valence-corrected chi connectivity index (χ2v) is 8.73. The number of carboxylic acid groups (broad SMARTS) is 1. The van der Waals surface area contributed by atoms with E-state index in [-0.39, 0.29) is 24.9 Å². The molecule has 0 atom stereocenters. The van der Waals surface area contributed by atoms with E-state index in [1.165, 1.54) is 6.07 Å². The summed E-state index contributed by atoms with van der Waals surface area (Å²) in [5.41, 5.74) is 1.57. The molecular formula is C26H28F3NO5. The zero-order valence-electron chi connectivity index (χ0n) is 19.4. The van der Waals surface area contributed by atoms with E-state index in [4.69, 9.17) is 19.3 Å². The monoisotopic (exact) mass is 491 g/mol. The number of benzene rings is 2. The number of hydrogen-bond donors (Lipinski definition) is 1. The standard InChI is InChI=1S/C26H28F3NO5/c1-2-33-23-6-3-17(12-22(23)26(27,28)29)15-34-21-5-4-20-11-18(16-35-24(20)13-21)14-30-9-7-19(8-10-30)25(31)32/h3-6,11-13,19H,2,7-10,14-16H2,1H3,(H,31,32). The Bertz CT molecular complexity index is 1090. The number of fused-ring (bicyclic) bond motifs is 1. The SMILES string of the molecule is CCOc1ccc(COc2ccc3c(c2)OCC(CN2CCC(C(=O)O)CC2)=C3)cc1C(F)(F)F. The summed E-state index contributed by atoms with van der Waals surface area (Å²) in [5, 5.41) is 9.15. The lowest BCUT2D eigenvalue weighted by atomic mass is 9.96. The highest BCUT2D eigenvalue weighted by molar-refractivity contribution is 5.70. The van der Waals surface area contributed by atoms with Gasteiger partial charge in [0.1, 0.15) is 30.5 Å². The lowest BCUT2D eigenvalue weighted by Gasteiger charge is -2.31. The highest BCUT2D eigenvalue weighted by Crippen LogP contribution is 2.37. The van der Waals surface area contributed by atoms with E-state index in [0.29, 0.717) is 36.5 Å². The Kier molecular flexibility index (Phi) is 7.54. The molecule has 1 N–H and O–H groups in total. The van der Waals surface area contributed by atoms with Crippen LogP contribution in [-0.2, 0) is 17.6 Å². The molecule has 0 saturated carbocycles. The zero-order valence-corrected chi connectivity index (χ0v) is 19.4. The van der Waals surface area contributed by atoms with Crippen LogP contribution in [0.15, 0.2) is 42.0 Å². The van der Waals surface area contributed by atoms with Crippen LogP contribution in [0.5, 0.6) is 17.2 Å². The Labute approximate surface area is 201 Å². The first-order valence-corrected chi connectivity index (χ1v) is 11.6. The second-order valence-electron chi connectivity index (χ2n) is 8.73. The third kappa shape index (κ3) is 6.28. The van der Waals surface area contributed by atoms with Gasteiger partial charge in [0.05, 0.1) is 18.1 Å². The fourth-order valence-corrected chi connectivity index (χ4v) is 4.33. The number of aliphatic carboxylic acids is 1. The molecule has 2 heterocycles. The predicted octanol–water partition coefficient (Wildman–Crippen LogP) is 5.26. The Morgan fingerprint density at radius 3 is 2.60 bits per heavy atom. The van der Waals surface area contributed by atoms with Gasteiger partial charge < -0.3 is 19.3 Å². The average Bonchev–Trinajstić information content (AvgIpc) is 2.83. The average molecular weight is 492 g/mol. The molecule has 4 rings (SSSR count). The number of halogens is 3. The van der Waals surface area contributed by atoms with E-state index in [1.54, 1.807) is 25.1 Å². The minimum absolute atomic E-state index is 0.0261. The molecule has 6 nitrogen and oxygen atoms in total. The highest BCUT2D eigenvalue weighted by Gasteiger charge is 2.34. The number of carboxylic acids is 1. The summed E-state index contributed by atoms with van der Waals surface area (Å²) in [6.45, 7) is 4.39. The number of carbonyl (C=O) groups is 1. The van der Waals surface area contributed by atoms with Crippen LogP contribution in [0.2, 0.25) is 0 Å². The van der Waals surface area contributed by atoms with E-state index >= 15 is 0 Å². The fourth-order valence-electron chi connectivity index (χ4n) is 4.33. The van der Waals surface area contributed by atoms with Crippen LogP contribution in [0.25, 0.3) is 6.08 Å². The molecule has 1 saturated heterocycles. The van der Waals surface area contributed by atoms with Gasteiger partial charge in [-0.3, -0.25) is 9.69 Å². The van der Waals surface area contributed by atoms with Gasteiger partial charge in [-0.05, 0) is 74.3 Å². The molecule has 0 amide bonds. The minimum Gasteiger partial charge on any atom is -0.493 e. The second kappa shape index (κ2) is 10.6. The van der Waals surface area contributed by atoms with E-state index in [2.05, 4.69) is 11.0 Å². The first-order valence-electron chi connectivity index (χ1n) is 11.6. The van der Waals surface area contributed by atoms with Gasteiger partial charge in [0.15, 0.2) is 0 Å². The Morgan fingerprint density at radius 2 is 1.91 bits per heavy atom. The number of ether oxygens (including phenoxy) is 3. The van der Waals surface area contributed by atoms with Crippen molar-refractivity contribution < 1.29 is 37.3 Å². The van der Waals surface area contributed by atoms with Gasteiger partial charge in [0.25, 0.3) is 0 Å². The summed E-state index contributed by atoms with van der Waals surface area (Å²) >= 11 is 0. The van der Waals surface area contributed by atoms with Crippen LogP contribution >= 0.6 is 0 Å². The molecule has 2 aliphatic rings. The maximum Gasteiger partial charge on any atom is 0.419 e. The maximum absolute atomic E-state index is 13.4. The van der Waals surface area contributed by atoms with Crippen LogP contribution in [-0.4, -0.2) is 48.8 Å². The predicted molar refractivity (Wildman–Crippen MR) is 124 cm³/mol. The Morgan fingerprint density at radius 1 is 1.14 bits per heavy atom. The minimum atomic E-state index is -4.52. The molecule has 0 aliphatic carbocycles. The first kappa shape index (κ1) is 24.9. The summed E-state index contributed by atoms with van der Waals surface area (Å²) in [7, 11) is 0. The molecule has 0 aromatic heterocycles. The van der Waals surface area contributed by atoms with Crippen molar-refractivity contribution >= 4 is 12.0 Å². The smallest absolute Gasteiger partial charge is 0.419 e. The van der Waals surface area contributed by atoms with Crippen LogP contribution in [0, 0.1) is 5.92 Å². The van der Waals surface area contributed by atoms with Gasteiger partial charge in [-0.1, -0.05) is 6.07 Å². The summed E-state index contributed by atoms with van der Waals surface area (Å²) in [6, 6.07) is 9.29.